The smallest absolute Gasteiger partial charge is 0.107 e. The van der Waals surface area contributed by atoms with E-state index in [1.165, 1.54) is 0 Å². The lowest BCUT2D eigenvalue weighted by Gasteiger charge is -2.06. The lowest BCUT2D eigenvalue weighted by molar-refractivity contribution is 0.567. The number of nitrogens with one attached hydrogen (secondary N) is 2. The van der Waals surface area contributed by atoms with Crippen LogP contribution in [0.1, 0.15) is 26.1 Å². The van der Waals surface area contributed by atoms with Crippen LogP contribution in [0.25, 0.3) is 11.0 Å². The van der Waals surface area contributed by atoms with Crippen molar-refractivity contribution in [1.82, 2.24) is 15.3 Å². The van der Waals surface area contributed by atoms with Gasteiger partial charge < -0.3 is 10.3 Å². The Labute approximate surface area is 96.3 Å². The molecule has 86 valence electrons. The number of hydrogen-bond acceptors (Lipinski definition) is 2. The Morgan fingerprint density at radius 2 is 2.12 bits per heavy atom. The minimum absolute atomic E-state index is 0.565. The van der Waals surface area contributed by atoms with Crippen molar-refractivity contribution in [1.29, 1.82) is 0 Å². The number of aromatic nitrogens is 2. The number of benzene rings is 1. The zero-order valence-electron chi connectivity index (χ0n) is 9.96. The second kappa shape index (κ2) is 5.12. The van der Waals surface area contributed by atoms with E-state index in [2.05, 4.69) is 35.2 Å². The molecule has 0 unspecified atom stereocenters. The largest absolute Gasteiger partial charge is 0.342 e. The molecule has 1 aromatic heterocycles. The summed E-state index contributed by atoms with van der Waals surface area (Å²) in [6, 6.07) is 8.73. The number of hydrogen-bond donors (Lipinski definition) is 2. The van der Waals surface area contributed by atoms with Crippen molar-refractivity contribution in [3.8, 4) is 0 Å². The first-order chi connectivity index (χ1) is 7.75. The molecule has 0 aliphatic carbocycles. The number of imidazole rings is 1. The van der Waals surface area contributed by atoms with E-state index in [1.807, 2.05) is 18.2 Å². The van der Waals surface area contributed by atoms with E-state index in [4.69, 9.17) is 0 Å². The molecule has 0 amide bonds. The topological polar surface area (TPSA) is 40.7 Å². The van der Waals surface area contributed by atoms with E-state index in [0.717, 1.165) is 36.2 Å². The van der Waals surface area contributed by atoms with Gasteiger partial charge in [0.1, 0.15) is 5.82 Å². The zero-order chi connectivity index (χ0) is 11.4. The van der Waals surface area contributed by atoms with E-state index in [0.29, 0.717) is 6.04 Å². The summed E-state index contributed by atoms with van der Waals surface area (Å²) in [5.74, 6) is 1.09. The Balaban J connectivity index is 1.89. The number of H-pyrrole nitrogens is 1. The molecule has 2 aromatic rings. The Kier molecular flexibility index (Phi) is 3.57. The molecule has 0 spiro atoms. The lowest BCUT2D eigenvalue weighted by Crippen LogP contribution is -2.24. The van der Waals surface area contributed by atoms with Crippen molar-refractivity contribution in [2.45, 2.75) is 32.7 Å². The predicted molar refractivity (Wildman–Crippen MR) is 67.6 cm³/mol. The van der Waals surface area contributed by atoms with Crippen LogP contribution in [0.5, 0.6) is 0 Å². The maximum absolute atomic E-state index is 4.55. The van der Waals surface area contributed by atoms with Crippen LogP contribution in [0.2, 0.25) is 0 Å². The van der Waals surface area contributed by atoms with E-state index < -0.39 is 0 Å². The van der Waals surface area contributed by atoms with Crippen LogP contribution in [0.4, 0.5) is 0 Å². The van der Waals surface area contributed by atoms with Gasteiger partial charge in [-0.15, -0.1) is 0 Å². The minimum Gasteiger partial charge on any atom is -0.342 e. The first kappa shape index (κ1) is 11.1. The standard InChI is InChI=1S/C13H19N3/c1-10(2)14-9-5-8-13-15-11-6-3-4-7-12(11)16-13/h3-4,6-7,10,14H,5,8-9H2,1-2H3,(H,15,16). The molecule has 1 aromatic carbocycles. The van der Waals surface area contributed by atoms with Gasteiger partial charge in [-0.3, -0.25) is 0 Å². The number of nitrogens with zero attached hydrogens (tertiary/aromatic N) is 1. The van der Waals surface area contributed by atoms with Crippen molar-refractivity contribution in [2.75, 3.05) is 6.54 Å². The van der Waals surface area contributed by atoms with E-state index in [9.17, 15) is 0 Å². The van der Waals surface area contributed by atoms with Crippen LogP contribution >= 0.6 is 0 Å². The first-order valence-electron chi connectivity index (χ1n) is 5.93. The Morgan fingerprint density at radius 3 is 2.88 bits per heavy atom. The third-order valence-electron chi connectivity index (χ3n) is 2.58. The summed E-state index contributed by atoms with van der Waals surface area (Å²) in [4.78, 5) is 7.89. The SMILES string of the molecule is CC(C)NCCCc1nc2ccccc2[nH]1. The molecule has 16 heavy (non-hydrogen) atoms. The number of para-hydroxylation sites is 2. The fourth-order valence-electron chi connectivity index (χ4n) is 1.77. The maximum atomic E-state index is 4.55. The van der Waals surface area contributed by atoms with Gasteiger partial charge in [-0.05, 0) is 25.1 Å². The second-order valence-corrected chi connectivity index (χ2v) is 4.41. The summed E-state index contributed by atoms with van der Waals surface area (Å²) in [5.41, 5.74) is 2.20. The normalized spacial score (nSPS) is 11.4. The summed E-state index contributed by atoms with van der Waals surface area (Å²) < 4.78 is 0. The third kappa shape index (κ3) is 2.83. The van der Waals surface area contributed by atoms with Gasteiger partial charge in [0.25, 0.3) is 0 Å². The lowest BCUT2D eigenvalue weighted by atomic mass is 10.3. The molecule has 0 radical (unpaired) electrons. The molecular formula is C13H19N3. The fraction of sp³-hybridized carbons (Fsp3) is 0.462. The minimum atomic E-state index is 0.565. The Morgan fingerprint density at radius 1 is 1.31 bits per heavy atom. The number of aromatic amines is 1. The van der Waals surface area contributed by atoms with Crippen LogP contribution in [-0.4, -0.2) is 22.6 Å². The monoisotopic (exact) mass is 217 g/mol. The molecule has 0 atom stereocenters. The van der Waals surface area contributed by atoms with E-state index in [1.54, 1.807) is 0 Å². The molecule has 0 aliphatic heterocycles. The highest BCUT2D eigenvalue weighted by Crippen LogP contribution is 2.10. The van der Waals surface area contributed by atoms with Crippen LogP contribution in [0, 0.1) is 0 Å². The summed E-state index contributed by atoms with van der Waals surface area (Å²) in [5, 5.41) is 3.41. The average molecular weight is 217 g/mol. The predicted octanol–water partition coefficient (Wildman–Crippen LogP) is 2.49. The molecule has 3 heteroatoms. The van der Waals surface area contributed by atoms with Gasteiger partial charge in [0.15, 0.2) is 0 Å². The first-order valence-corrected chi connectivity index (χ1v) is 5.93. The molecule has 1 heterocycles. The van der Waals surface area contributed by atoms with Crippen molar-refractivity contribution >= 4 is 11.0 Å². The Bertz CT molecular complexity index is 412. The van der Waals surface area contributed by atoms with Crippen LogP contribution in [0.15, 0.2) is 24.3 Å². The summed E-state index contributed by atoms with van der Waals surface area (Å²) in [6.07, 6.45) is 2.13. The summed E-state index contributed by atoms with van der Waals surface area (Å²) >= 11 is 0. The number of aryl methyl sites for hydroxylation is 1. The fourth-order valence-corrected chi connectivity index (χ4v) is 1.77. The molecule has 2 N–H and O–H groups in total. The van der Waals surface area contributed by atoms with Gasteiger partial charge in [-0.25, -0.2) is 4.98 Å². The molecular weight excluding hydrogens is 198 g/mol. The van der Waals surface area contributed by atoms with Crippen LogP contribution in [-0.2, 0) is 6.42 Å². The molecule has 2 rings (SSSR count). The van der Waals surface area contributed by atoms with Crippen LogP contribution in [0.3, 0.4) is 0 Å². The highest BCUT2D eigenvalue weighted by Gasteiger charge is 2.01. The molecule has 0 aliphatic rings. The number of rotatable bonds is 5. The van der Waals surface area contributed by atoms with Crippen molar-refractivity contribution < 1.29 is 0 Å². The van der Waals surface area contributed by atoms with Gasteiger partial charge in [0, 0.05) is 12.5 Å². The molecule has 0 fully saturated rings. The van der Waals surface area contributed by atoms with Crippen molar-refractivity contribution in [2.24, 2.45) is 0 Å². The zero-order valence-corrected chi connectivity index (χ0v) is 9.96. The summed E-state index contributed by atoms with van der Waals surface area (Å²) in [7, 11) is 0. The quantitative estimate of drug-likeness (QED) is 0.755. The number of fused-ring (bicyclic) bond motifs is 1. The second-order valence-electron chi connectivity index (χ2n) is 4.41. The van der Waals surface area contributed by atoms with E-state index >= 15 is 0 Å². The van der Waals surface area contributed by atoms with Gasteiger partial charge in [-0.2, -0.15) is 0 Å². The molecule has 3 nitrogen and oxygen atoms in total. The Hall–Kier alpha value is -1.35. The summed E-state index contributed by atoms with van der Waals surface area (Å²) in [6.45, 7) is 5.39. The van der Waals surface area contributed by atoms with E-state index in [-0.39, 0.29) is 0 Å². The van der Waals surface area contributed by atoms with Crippen molar-refractivity contribution in [3.05, 3.63) is 30.1 Å². The molecule has 0 saturated heterocycles. The third-order valence-corrected chi connectivity index (χ3v) is 2.58. The highest BCUT2D eigenvalue weighted by atomic mass is 14.9. The van der Waals surface area contributed by atoms with Gasteiger partial charge in [0.05, 0.1) is 11.0 Å². The van der Waals surface area contributed by atoms with Crippen molar-refractivity contribution in [3.63, 3.8) is 0 Å². The van der Waals surface area contributed by atoms with Crippen LogP contribution < -0.4 is 5.32 Å². The molecule has 0 bridgehead atoms. The average Bonchev–Trinajstić information content (AvgIpc) is 2.66. The highest BCUT2D eigenvalue weighted by molar-refractivity contribution is 5.74. The molecule has 0 saturated carbocycles. The van der Waals surface area contributed by atoms with Gasteiger partial charge >= 0.3 is 0 Å². The van der Waals surface area contributed by atoms with Gasteiger partial charge in [-0.1, -0.05) is 26.0 Å². The van der Waals surface area contributed by atoms with Gasteiger partial charge in [0.2, 0.25) is 0 Å². The maximum Gasteiger partial charge on any atom is 0.107 e.